The molecular weight excluding hydrogens is 459 g/mol. The summed E-state index contributed by atoms with van der Waals surface area (Å²) >= 11 is 6.11. The summed E-state index contributed by atoms with van der Waals surface area (Å²) in [6, 6.07) is 15.8. The van der Waals surface area contributed by atoms with Crippen LogP contribution in [-0.4, -0.2) is 41.5 Å². The maximum absolute atomic E-state index is 14.1. The zero-order valence-electron chi connectivity index (χ0n) is 18.2. The van der Waals surface area contributed by atoms with Gasteiger partial charge in [-0.2, -0.15) is 0 Å². The molecule has 5 rings (SSSR count). The number of nitrogens with zero attached hydrogens (tertiary/aromatic N) is 2. The molecule has 6 nitrogen and oxygen atoms in total. The summed E-state index contributed by atoms with van der Waals surface area (Å²) in [5, 5.41) is 11.0. The van der Waals surface area contributed by atoms with Crippen LogP contribution in [0.2, 0.25) is 5.02 Å². The highest BCUT2D eigenvalue weighted by Crippen LogP contribution is 2.40. The number of fused-ring (bicyclic) bond motifs is 2. The lowest BCUT2D eigenvalue weighted by Gasteiger charge is -2.38. The number of phenolic OH excluding ortho intramolecular Hbond substituents is 1. The molecule has 174 valence electrons. The number of hydrogen-bond donors (Lipinski definition) is 1. The van der Waals surface area contributed by atoms with E-state index in [9.17, 15) is 19.1 Å². The predicted octanol–water partition coefficient (Wildman–Crippen LogP) is 4.47. The Morgan fingerprint density at radius 1 is 1.12 bits per heavy atom. The molecule has 0 spiro atoms. The maximum Gasteiger partial charge on any atom is 0.265 e. The van der Waals surface area contributed by atoms with Gasteiger partial charge in [0.25, 0.3) is 5.91 Å². The molecule has 8 heteroatoms. The number of phenols is 1. The summed E-state index contributed by atoms with van der Waals surface area (Å²) in [5.74, 6) is -0.494. The molecule has 0 radical (unpaired) electrons. The highest BCUT2D eigenvalue weighted by molar-refractivity contribution is 6.31. The summed E-state index contributed by atoms with van der Waals surface area (Å²) in [6.45, 7) is 0.448. The van der Waals surface area contributed by atoms with Crippen molar-refractivity contribution in [2.45, 2.75) is 18.9 Å². The topological polar surface area (TPSA) is 70.1 Å². The molecule has 0 aromatic heterocycles. The number of halogens is 2. The Morgan fingerprint density at radius 2 is 1.94 bits per heavy atom. The SMILES string of the molecule is O=C1COc2ccc(Cl)cc2N1CCC(=O)N1CCc2ccccc2C1c1cc(F)ccc1O. The van der Waals surface area contributed by atoms with E-state index in [1.807, 2.05) is 24.3 Å². The van der Waals surface area contributed by atoms with Gasteiger partial charge in [-0.15, -0.1) is 0 Å². The van der Waals surface area contributed by atoms with Gasteiger partial charge in [0.15, 0.2) is 6.61 Å². The molecule has 0 fully saturated rings. The maximum atomic E-state index is 14.1. The average Bonchev–Trinajstić information content (AvgIpc) is 2.84. The first-order valence-corrected chi connectivity index (χ1v) is 11.4. The number of amides is 2. The van der Waals surface area contributed by atoms with Crippen LogP contribution in [0, 0.1) is 5.82 Å². The van der Waals surface area contributed by atoms with E-state index in [2.05, 4.69) is 0 Å². The molecular formula is C26H22ClFN2O4. The number of aromatic hydroxyl groups is 1. The number of benzene rings is 3. The van der Waals surface area contributed by atoms with Crippen molar-refractivity contribution in [3.63, 3.8) is 0 Å². The molecule has 2 aliphatic rings. The Balaban J connectivity index is 1.44. The Labute approximate surface area is 201 Å². The van der Waals surface area contributed by atoms with E-state index >= 15 is 0 Å². The van der Waals surface area contributed by atoms with E-state index in [4.69, 9.17) is 16.3 Å². The van der Waals surface area contributed by atoms with Crippen molar-refractivity contribution in [2.75, 3.05) is 24.6 Å². The molecule has 0 bridgehead atoms. The number of ether oxygens (including phenoxy) is 1. The first-order chi connectivity index (χ1) is 16.4. The van der Waals surface area contributed by atoms with Crippen LogP contribution in [0.5, 0.6) is 11.5 Å². The normalized spacial score (nSPS) is 17.1. The molecule has 1 unspecified atom stereocenters. The molecule has 34 heavy (non-hydrogen) atoms. The zero-order chi connectivity index (χ0) is 23.8. The largest absolute Gasteiger partial charge is 0.508 e. The van der Waals surface area contributed by atoms with Crippen LogP contribution >= 0.6 is 11.6 Å². The minimum Gasteiger partial charge on any atom is -0.508 e. The van der Waals surface area contributed by atoms with Crippen LogP contribution in [0.15, 0.2) is 60.7 Å². The van der Waals surface area contributed by atoms with Gasteiger partial charge in [0.1, 0.15) is 17.3 Å². The molecule has 2 aliphatic heterocycles. The van der Waals surface area contributed by atoms with Crippen molar-refractivity contribution in [3.8, 4) is 11.5 Å². The Morgan fingerprint density at radius 3 is 2.79 bits per heavy atom. The van der Waals surface area contributed by atoms with E-state index in [-0.39, 0.29) is 37.1 Å². The van der Waals surface area contributed by atoms with Gasteiger partial charge in [0.05, 0.1) is 11.7 Å². The van der Waals surface area contributed by atoms with Crippen LogP contribution in [0.3, 0.4) is 0 Å². The Kier molecular flexibility index (Phi) is 5.87. The molecule has 0 aliphatic carbocycles. The van der Waals surface area contributed by atoms with Crippen molar-refractivity contribution in [2.24, 2.45) is 0 Å². The monoisotopic (exact) mass is 480 g/mol. The van der Waals surface area contributed by atoms with Gasteiger partial charge in [-0.05, 0) is 53.9 Å². The van der Waals surface area contributed by atoms with Crippen molar-refractivity contribution in [1.29, 1.82) is 0 Å². The van der Waals surface area contributed by atoms with Gasteiger partial charge in [-0.1, -0.05) is 35.9 Å². The number of carbonyl (C=O) groups is 2. The zero-order valence-corrected chi connectivity index (χ0v) is 19.0. The van der Waals surface area contributed by atoms with Crippen LogP contribution in [0.1, 0.15) is 29.2 Å². The average molecular weight is 481 g/mol. The minimum absolute atomic E-state index is 0.0481. The van der Waals surface area contributed by atoms with E-state index in [1.165, 1.54) is 23.1 Å². The van der Waals surface area contributed by atoms with E-state index < -0.39 is 11.9 Å². The quantitative estimate of drug-likeness (QED) is 0.598. The highest BCUT2D eigenvalue weighted by atomic mass is 35.5. The molecule has 1 N–H and O–H groups in total. The Bertz CT molecular complexity index is 1280. The van der Waals surface area contributed by atoms with Crippen LogP contribution in [0.4, 0.5) is 10.1 Å². The van der Waals surface area contributed by atoms with Crippen molar-refractivity contribution >= 4 is 29.1 Å². The fourth-order valence-electron chi connectivity index (χ4n) is 4.69. The van der Waals surface area contributed by atoms with Gasteiger partial charge in [0.2, 0.25) is 5.91 Å². The third kappa shape index (κ3) is 4.07. The third-order valence-electron chi connectivity index (χ3n) is 6.30. The fourth-order valence-corrected chi connectivity index (χ4v) is 4.85. The molecule has 2 amide bonds. The number of anilines is 1. The molecule has 0 saturated carbocycles. The first kappa shape index (κ1) is 22.2. The lowest BCUT2D eigenvalue weighted by atomic mass is 9.87. The highest BCUT2D eigenvalue weighted by Gasteiger charge is 2.34. The summed E-state index contributed by atoms with van der Waals surface area (Å²) in [6.07, 6.45) is 0.690. The van der Waals surface area contributed by atoms with Crippen molar-refractivity contribution < 1.29 is 23.8 Å². The van der Waals surface area contributed by atoms with Gasteiger partial charge in [0, 0.05) is 30.1 Å². The molecule has 3 aromatic rings. The molecule has 1 atom stereocenters. The predicted molar refractivity (Wildman–Crippen MR) is 126 cm³/mol. The summed E-state index contributed by atoms with van der Waals surface area (Å²) in [5.41, 5.74) is 2.76. The summed E-state index contributed by atoms with van der Waals surface area (Å²) in [7, 11) is 0. The standard InChI is InChI=1S/C26H22ClFN2O4/c27-17-5-8-23-21(13-17)29(25(33)15-34-23)12-10-24(32)30-11-9-16-3-1-2-4-19(16)26(30)20-14-18(28)6-7-22(20)31/h1-8,13-14,26,31H,9-12,15H2. The second-order valence-electron chi connectivity index (χ2n) is 8.34. The van der Waals surface area contributed by atoms with Gasteiger partial charge < -0.3 is 19.6 Å². The fraction of sp³-hybridized carbons (Fsp3) is 0.231. The third-order valence-corrected chi connectivity index (χ3v) is 6.54. The first-order valence-electron chi connectivity index (χ1n) is 11.0. The number of carbonyl (C=O) groups excluding carboxylic acids is 2. The van der Waals surface area contributed by atoms with Crippen molar-refractivity contribution in [1.82, 2.24) is 4.90 Å². The molecule has 0 saturated heterocycles. The van der Waals surface area contributed by atoms with E-state index in [0.29, 0.717) is 35.0 Å². The second kappa shape index (κ2) is 8.99. The summed E-state index contributed by atoms with van der Waals surface area (Å²) < 4.78 is 19.6. The molecule has 3 aromatic carbocycles. The van der Waals surface area contributed by atoms with Gasteiger partial charge in [-0.3, -0.25) is 9.59 Å². The van der Waals surface area contributed by atoms with Gasteiger partial charge >= 0.3 is 0 Å². The smallest absolute Gasteiger partial charge is 0.265 e. The van der Waals surface area contributed by atoms with E-state index in [0.717, 1.165) is 11.1 Å². The van der Waals surface area contributed by atoms with Crippen LogP contribution in [0.25, 0.3) is 0 Å². The lowest BCUT2D eigenvalue weighted by Crippen LogP contribution is -2.44. The van der Waals surface area contributed by atoms with Crippen molar-refractivity contribution in [3.05, 3.63) is 88.2 Å². The number of hydrogen-bond acceptors (Lipinski definition) is 4. The second-order valence-corrected chi connectivity index (χ2v) is 8.77. The minimum atomic E-state index is -0.629. The van der Waals surface area contributed by atoms with Crippen LogP contribution in [-0.2, 0) is 16.0 Å². The van der Waals surface area contributed by atoms with Crippen LogP contribution < -0.4 is 9.64 Å². The summed E-state index contributed by atoms with van der Waals surface area (Å²) in [4.78, 5) is 29.2. The lowest BCUT2D eigenvalue weighted by molar-refractivity contribution is -0.133. The number of rotatable bonds is 4. The van der Waals surface area contributed by atoms with Gasteiger partial charge in [-0.25, -0.2) is 4.39 Å². The van der Waals surface area contributed by atoms with E-state index in [1.54, 1.807) is 23.1 Å². The Hall–Kier alpha value is -3.58. The molecule has 2 heterocycles.